The summed E-state index contributed by atoms with van der Waals surface area (Å²) in [5.74, 6) is -1.08. The second-order valence-electron chi connectivity index (χ2n) is 3.19. The summed E-state index contributed by atoms with van der Waals surface area (Å²) in [6.45, 7) is 1.48. The summed E-state index contributed by atoms with van der Waals surface area (Å²) in [6, 6.07) is 3.43. The van der Waals surface area contributed by atoms with E-state index >= 15 is 0 Å². The van der Waals surface area contributed by atoms with Gasteiger partial charge in [0.1, 0.15) is 5.82 Å². The fourth-order valence-corrected chi connectivity index (χ4v) is 1.11. The number of hydrogen-bond donors (Lipinski definition) is 2. The third-order valence-electron chi connectivity index (χ3n) is 1.83. The summed E-state index contributed by atoms with van der Waals surface area (Å²) in [7, 11) is 0. The highest BCUT2D eigenvalue weighted by Gasteiger charge is 2.10. The molecule has 1 atom stereocenters. The van der Waals surface area contributed by atoms with Crippen LogP contribution in [0, 0.1) is 5.82 Å². The first-order valence-electron chi connectivity index (χ1n) is 4.41. The number of rotatable bonds is 3. The molecule has 0 spiro atoms. The minimum atomic E-state index is -0.638. The Morgan fingerprint density at radius 2 is 2.33 bits per heavy atom. The fraction of sp³-hybridized carbons (Fsp3) is 0.300. The standard InChI is InChI=1S/C10H11ClFNO2/c1-6(5-14)13-10(15)7-2-3-8(11)9(12)4-7/h2-4,6,14H,5H2,1H3,(H,13,15). The van der Waals surface area contributed by atoms with Crippen LogP contribution in [0.25, 0.3) is 0 Å². The number of aliphatic hydroxyl groups excluding tert-OH is 1. The average molecular weight is 232 g/mol. The summed E-state index contributed by atoms with van der Waals surface area (Å²) < 4.78 is 13.0. The molecule has 3 nitrogen and oxygen atoms in total. The molecule has 15 heavy (non-hydrogen) atoms. The topological polar surface area (TPSA) is 49.3 Å². The molecule has 0 aliphatic rings. The lowest BCUT2D eigenvalue weighted by Crippen LogP contribution is -2.35. The molecule has 2 N–H and O–H groups in total. The number of aliphatic hydroxyl groups is 1. The molecular formula is C10H11ClFNO2. The van der Waals surface area contributed by atoms with Gasteiger partial charge in [-0.05, 0) is 25.1 Å². The third-order valence-corrected chi connectivity index (χ3v) is 2.14. The highest BCUT2D eigenvalue weighted by atomic mass is 35.5. The number of hydrogen-bond acceptors (Lipinski definition) is 2. The Labute approximate surface area is 91.9 Å². The van der Waals surface area contributed by atoms with Crippen molar-refractivity contribution < 1.29 is 14.3 Å². The lowest BCUT2D eigenvalue weighted by Gasteiger charge is -2.10. The second-order valence-corrected chi connectivity index (χ2v) is 3.59. The number of carbonyl (C=O) groups is 1. The number of halogens is 2. The molecule has 1 amide bonds. The van der Waals surface area contributed by atoms with Crippen molar-refractivity contribution in [2.75, 3.05) is 6.61 Å². The Bertz CT molecular complexity index is 370. The van der Waals surface area contributed by atoms with E-state index in [2.05, 4.69) is 5.32 Å². The van der Waals surface area contributed by atoms with Crippen LogP contribution in [-0.4, -0.2) is 23.7 Å². The zero-order chi connectivity index (χ0) is 11.4. The van der Waals surface area contributed by atoms with Crippen molar-refractivity contribution in [3.05, 3.63) is 34.6 Å². The summed E-state index contributed by atoms with van der Waals surface area (Å²) in [6.07, 6.45) is 0. The van der Waals surface area contributed by atoms with E-state index in [0.29, 0.717) is 0 Å². The van der Waals surface area contributed by atoms with E-state index in [1.165, 1.54) is 12.1 Å². The number of amides is 1. The first-order valence-corrected chi connectivity index (χ1v) is 4.79. The summed E-state index contributed by atoms with van der Waals surface area (Å²) in [5, 5.41) is 11.2. The highest BCUT2D eigenvalue weighted by Crippen LogP contribution is 2.15. The smallest absolute Gasteiger partial charge is 0.251 e. The molecule has 5 heteroatoms. The first kappa shape index (κ1) is 11.9. The van der Waals surface area contributed by atoms with Gasteiger partial charge in [-0.1, -0.05) is 11.6 Å². The lowest BCUT2D eigenvalue weighted by molar-refractivity contribution is 0.0922. The van der Waals surface area contributed by atoms with Crippen molar-refractivity contribution in [2.45, 2.75) is 13.0 Å². The zero-order valence-electron chi connectivity index (χ0n) is 8.13. The van der Waals surface area contributed by atoms with Gasteiger partial charge in [-0.3, -0.25) is 4.79 Å². The van der Waals surface area contributed by atoms with E-state index in [9.17, 15) is 9.18 Å². The van der Waals surface area contributed by atoms with E-state index in [4.69, 9.17) is 16.7 Å². The minimum absolute atomic E-state index is 0.0262. The van der Waals surface area contributed by atoms with Crippen LogP contribution in [0.1, 0.15) is 17.3 Å². The van der Waals surface area contributed by atoms with Crippen LogP contribution in [0.4, 0.5) is 4.39 Å². The summed E-state index contributed by atoms with van der Waals surface area (Å²) in [5.41, 5.74) is 0.178. The summed E-state index contributed by atoms with van der Waals surface area (Å²) >= 11 is 5.47. The molecule has 0 radical (unpaired) electrons. The number of nitrogens with one attached hydrogen (secondary N) is 1. The van der Waals surface area contributed by atoms with Gasteiger partial charge in [0, 0.05) is 11.6 Å². The Morgan fingerprint density at radius 3 is 2.87 bits per heavy atom. The normalized spacial score (nSPS) is 12.3. The Balaban J connectivity index is 2.78. The van der Waals surface area contributed by atoms with E-state index in [0.717, 1.165) is 6.07 Å². The van der Waals surface area contributed by atoms with Crippen molar-refractivity contribution in [2.24, 2.45) is 0 Å². The molecule has 0 bridgehead atoms. The van der Waals surface area contributed by atoms with Crippen molar-refractivity contribution in [3.8, 4) is 0 Å². The molecule has 0 aliphatic heterocycles. The van der Waals surface area contributed by atoms with Gasteiger partial charge in [-0.2, -0.15) is 0 Å². The average Bonchev–Trinajstić information content (AvgIpc) is 2.21. The molecule has 0 aromatic heterocycles. The largest absolute Gasteiger partial charge is 0.394 e. The van der Waals surface area contributed by atoms with Crippen LogP contribution in [0.5, 0.6) is 0 Å². The predicted molar refractivity (Wildman–Crippen MR) is 55.4 cm³/mol. The van der Waals surface area contributed by atoms with Crippen LogP contribution in [0.3, 0.4) is 0 Å². The van der Waals surface area contributed by atoms with Gasteiger partial charge >= 0.3 is 0 Å². The van der Waals surface area contributed by atoms with Crippen molar-refractivity contribution in [3.63, 3.8) is 0 Å². The summed E-state index contributed by atoms with van der Waals surface area (Å²) in [4.78, 5) is 11.4. The van der Waals surface area contributed by atoms with Gasteiger partial charge in [-0.15, -0.1) is 0 Å². The molecule has 1 aromatic rings. The second kappa shape index (κ2) is 5.09. The number of carbonyl (C=O) groups excluding carboxylic acids is 1. The monoisotopic (exact) mass is 231 g/mol. The van der Waals surface area contributed by atoms with Gasteiger partial charge in [0.05, 0.1) is 11.6 Å². The molecule has 0 saturated carbocycles. The lowest BCUT2D eigenvalue weighted by atomic mass is 10.2. The Morgan fingerprint density at radius 1 is 1.67 bits per heavy atom. The minimum Gasteiger partial charge on any atom is -0.394 e. The molecule has 0 aliphatic carbocycles. The van der Waals surface area contributed by atoms with Crippen LogP contribution in [-0.2, 0) is 0 Å². The molecule has 82 valence electrons. The third kappa shape index (κ3) is 3.18. The van der Waals surface area contributed by atoms with E-state index in [1.807, 2.05) is 0 Å². The molecule has 1 rings (SSSR count). The molecule has 0 fully saturated rings. The van der Waals surface area contributed by atoms with E-state index < -0.39 is 11.7 Å². The van der Waals surface area contributed by atoms with Gasteiger partial charge in [0.2, 0.25) is 0 Å². The van der Waals surface area contributed by atoms with Gasteiger partial charge in [0.25, 0.3) is 5.91 Å². The first-order chi connectivity index (χ1) is 7.04. The number of benzene rings is 1. The van der Waals surface area contributed by atoms with Gasteiger partial charge < -0.3 is 10.4 Å². The predicted octanol–water partition coefficient (Wildman–Crippen LogP) is 1.59. The molecular weight excluding hydrogens is 221 g/mol. The van der Waals surface area contributed by atoms with Crippen LogP contribution < -0.4 is 5.32 Å². The zero-order valence-corrected chi connectivity index (χ0v) is 8.88. The van der Waals surface area contributed by atoms with Crippen molar-refractivity contribution >= 4 is 17.5 Å². The van der Waals surface area contributed by atoms with Crippen molar-refractivity contribution in [1.82, 2.24) is 5.32 Å². The molecule has 1 aromatic carbocycles. The van der Waals surface area contributed by atoms with Crippen LogP contribution in [0.15, 0.2) is 18.2 Å². The highest BCUT2D eigenvalue weighted by molar-refractivity contribution is 6.30. The van der Waals surface area contributed by atoms with E-state index in [1.54, 1.807) is 6.92 Å². The molecule has 1 unspecified atom stereocenters. The van der Waals surface area contributed by atoms with Gasteiger partial charge in [0.15, 0.2) is 0 Å². The maximum atomic E-state index is 13.0. The van der Waals surface area contributed by atoms with Gasteiger partial charge in [-0.25, -0.2) is 4.39 Å². The Hall–Kier alpha value is -1.13. The Kier molecular flexibility index (Phi) is 4.05. The maximum Gasteiger partial charge on any atom is 0.251 e. The van der Waals surface area contributed by atoms with Crippen LogP contribution >= 0.6 is 11.6 Å². The quantitative estimate of drug-likeness (QED) is 0.830. The fourth-order valence-electron chi connectivity index (χ4n) is 0.990. The molecule has 0 saturated heterocycles. The van der Waals surface area contributed by atoms with Crippen molar-refractivity contribution in [1.29, 1.82) is 0 Å². The SMILES string of the molecule is CC(CO)NC(=O)c1ccc(Cl)c(F)c1. The van der Waals surface area contributed by atoms with Crippen LogP contribution in [0.2, 0.25) is 5.02 Å². The van der Waals surface area contributed by atoms with E-state index in [-0.39, 0.29) is 23.2 Å². The maximum absolute atomic E-state index is 13.0. The molecule has 0 heterocycles.